The van der Waals surface area contributed by atoms with Crippen LogP contribution in [0.15, 0.2) is 78.9 Å². The van der Waals surface area contributed by atoms with Crippen molar-refractivity contribution in [2.24, 2.45) is 5.73 Å². The van der Waals surface area contributed by atoms with Crippen molar-refractivity contribution in [3.8, 4) is 0 Å². The zero-order chi connectivity index (χ0) is 35.2. The summed E-state index contributed by atoms with van der Waals surface area (Å²) in [5, 5.41) is 18.8. The highest BCUT2D eigenvalue weighted by molar-refractivity contribution is 7.88. The summed E-state index contributed by atoms with van der Waals surface area (Å²) in [6.07, 6.45) is 2.14. The Bertz CT molecular complexity index is 1730. The van der Waals surface area contributed by atoms with Gasteiger partial charge in [0.2, 0.25) is 21.8 Å². The van der Waals surface area contributed by atoms with E-state index >= 15 is 0 Å². The molecule has 8 N–H and O–H groups in total. The van der Waals surface area contributed by atoms with Gasteiger partial charge in [-0.1, -0.05) is 60.7 Å². The monoisotopic (exact) mass is 689 g/mol. The molecule has 13 nitrogen and oxygen atoms in total. The number of nitrogens with one attached hydrogen (secondary N) is 6. The molecular formula is C35H43N7O6S. The number of hydrogen-bond donors (Lipinski definition) is 7. The van der Waals surface area contributed by atoms with Gasteiger partial charge in [0, 0.05) is 36.3 Å². The first-order valence-electron chi connectivity index (χ1n) is 16.2. The van der Waals surface area contributed by atoms with Gasteiger partial charge in [0.25, 0.3) is 11.8 Å². The summed E-state index contributed by atoms with van der Waals surface area (Å²) in [5.41, 5.74) is 8.07. The summed E-state index contributed by atoms with van der Waals surface area (Å²) in [6.45, 7) is 0.706. The van der Waals surface area contributed by atoms with Gasteiger partial charge >= 0.3 is 0 Å². The largest absolute Gasteiger partial charge is 0.384 e. The molecule has 2 atom stereocenters. The van der Waals surface area contributed by atoms with Crippen molar-refractivity contribution in [1.29, 1.82) is 5.41 Å². The van der Waals surface area contributed by atoms with E-state index in [4.69, 9.17) is 11.1 Å². The van der Waals surface area contributed by atoms with E-state index in [1.54, 1.807) is 72.8 Å². The number of amides is 4. The molecule has 0 aromatic heterocycles. The molecule has 49 heavy (non-hydrogen) atoms. The maximum atomic E-state index is 13.7. The molecule has 0 fully saturated rings. The molecule has 0 radical (unpaired) electrons. The Balaban J connectivity index is 1.51. The first-order chi connectivity index (χ1) is 23.5. The van der Waals surface area contributed by atoms with E-state index in [2.05, 4.69) is 26.0 Å². The number of amidine groups is 1. The molecule has 4 rings (SSSR count). The average molecular weight is 690 g/mol. The Hall–Kier alpha value is -5.08. The van der Waals surface area contributed by atoms with Crippen molar-refractivity contribution in [3.05, 3.63) is 107 Å². The van der Waals surface area contributed by atoms with Crippen LogP contribution in [0, 0.1) is 5.41 Å². The number of hydrogen-bond acceptors (Lipinski definition) is 7. The number of nitrogen functional groups attached to an aromatic ring is 1. The molecular weight excluding hydrogens is 646 g/mol. The second-order valence-corrected chi connectivity index (χ2v) is 13.6. The highest BCUT2D eigenvalue weighted by atomic mass is 32.2. The Kier molecular flexibility index (Phi) is 13.4. The molecule has 3 aromatic rings. The van der Waals surface area contributed by atoms with Crippen LogP contribution >= 0.6 is 0 Å². The van der Waals surface area contributed by atoms with Crippen molar-refractivity contribution in [3.63, 3.8) is 0 Å². The minimum atomic E-state index is -3.95. The van der Waals surface area contributed by atoms with Gasteiger partial charge in [-0.3, -0.25) is 24.6 Å². The number of carbonyl (C=O) groups is 4. The van der Waals surface area contributed by atoms with Crippen LogP contribution < -0.4 is 31.7 Å². The predicted octanol–water partition coefficient (Wildman–Crippen LogP) is 2.07. The maximum absolute atomic E-state index is 13.7. The van der Waals surface area contributed by atoms with E-state index in [0.717, 1.165) is 5.56 Å². The molecule has 1 heterocycles. The van der Waals surface area contributed by atoms with E-state index < -0.39 is 33.9 Å². The summed E-state index contributed by atoms with van der Waals surface area (Å²) in [6, 6.07) is 19.7. The molecule has 0 saturated heterocycles. The fourth-order valence-electron chi connectivity index (χ4n) is 5.31. The van der Waals surface area contributed by atoms with Crippen LogP contribution in [0.1, 0.15) is 75.9 Å². The fourth-order valence-corrected chi connectivity index (χ4v) is 6.68. The molecule has 0 aliphatic carbocycles. The average Bonchev–Trinajstić information content (AvgIpc) is 3.09. The second-order valence-electron chi connectivity index (χ2n) is 11.9. The van der Waals surface area contributed by atoms with Crippen molar-refractivity contribution in [2.75, 3.05) is 13.1 Å². The Morgan fingerprint density at radius 1 is 0.796 bits per heavy atom. The summed E-state index contributed by atoms with van der Waals surface area (Å²) in [5.74, 6) is -2.19. The van der Waals surface area contributed by atoms with Gasteiger partial charge in [0.05, 0.1) is 5.75 Å². The normalized spacial score (nSPS) is 18.4. The fraction of sp³-hybridized carbons (Fsp3) is 0.343. The highest BCUT2D eigenvalue weighted by Gasteiger charge is 2.28. The molecule has 4 amide bonds. The molecule has 0 unspecified atom stereocenters. The zero-order valence-electron chi connectivity index (χ0n) is 27.2. The lowest BCUT2D eigenvalue weighted by molar-refractivity contribution is -0.130. The number of carbonyl (C=O) groups excluding carboxylic acids is 4. The molecule has 1 aliphatic heterocycles. The van der Waals surface area contributed by atoms with Crippen molar-refractivity contribution in [1.82, 2.24) is 26.0 Å². The van der Waals surface area contributed by atoms with Crippen LogP contribution in [0.3, 0.4) is 0 Å². The number of fused-ring (bicyclic) bond motifs is 2. The minimum absolute atomic E-state index is 0.0745. The van der Waals surface area contributed by atoms with Gasteiger partial charge in [0.15, 0.2) is 0 Å². The van der Waals surface area contributed by atoms with Crippen molar-refractivity contribution < 1.29 is 27.6 Å². The number of rotatable bonds is 8. The lowest BCUT2D eigenvalue weighted by Crippen LogP contribution is -2.53. The van der Waals surface area contributed by atoms with Crippen LogP contribution in [0.4, 0.5) is 0 Å². The second kappa shape index (κ2) is 17.9. The van der Waals surface area contributed by atoms with Gasteiger partial charge < -0.3 is 27.0 Å². The lowest BCUT2D eigenvalue weighted by Gasteiger charge is -2.23. The highest BCUT2D eigenvalue weighted by Crippen LogP contribution is 2.12. The Labute approximate surface area is 286 Å². The summed E-state index contributed by atoms with van der Waals surface area (Å²) in [4.78, 5) is 52.6. The molecule has 260 valence electrons. The zero-order valence-corrected chi connectivity index (χ0v) is 28.0. The topological polar surface area (TPSA) is 212 Å². The van der Waals surface area contributed by atoms with Gasteiger partial charge in [-0.15, -0.1) is 0 Å². The van der Waals surface area contributed by atoms with Crippen LogP contribution in [0.2, 0.25) is 0 Å². The maximum Gasteiger partial charge on any atom is 0.251 e. The van der Waals surface area contributed by atoms with Gasteiger partial charge in [0.1, 0.15) is 17.9 Å². The summed E-state index contributed by atoms with van der Waals surface area (Å²) in [7, 11) is -3.95. The molecule has 3 aromatic carbocycles. The van der Waals surface area contributed by atoms with Crippen LogP contribution in [0.25, 0.3) is 0 Å². The van der Waals surface area contributed by atoms with Gasteiger partial charge in [-0.05, 0) is 67.9 Å². The van der Waals surface area contributed by atoms with E-state index in [0.29, 0.717) is 54.5 Å². The Morgan fingerprint density at radius 2 is 1.41 bits per heavy atom. The molecule has 0 spiro atoms. The smallest absolute Gasteiger partial charge is 0.251 e. The molecule has 2 bridgehead atoms. The quantitative estimate of drug-likeness (QED) is 0.138. The number of sulfonamides is 1. The van der Waals surface area contributed by atoms with E-state index in [9.17, 15) is 27.6 Å². The van der Waals surface area contributed by atoms with Crippen molar-refractivity contribution in [2.45, 2.75) is 62.9 Å². The third-order valence-corrected chi connectivity index (χ3v) is 9.36. The number of nitrogens with two attached hydrogens (primary N) is 1. The van der Waals surface area contributed by atoms with E-state index in [1.807, 2.05) is 0 Å². The minimum Gasteiger partial charge on any atom is -0.384 e. The third kappa shape index (κ3) is 11.8. The lowest BCUT2D eigenvalue weighted by atomic mass is 10.1. The Morgan fingerprint density at radius 3 is 2.02 bits per heavy atom. The number of benzene rings is 3. The summed E-state index contributed by atoms with van der Waals surface area (Å²) >= 11 is 0. The third-order valence-electron chi connectivity index (χ3n) is 8.00. The molecule has 14 heteroatoms. The molecule has 0 saturated carbocycles. The standard InChI is InChI=1S/C35H43N7O6S/c36-31(37)26-17-15-24(16-18-26)22-40-34(45)29-13-4-6-19-38-32(43)27-11-8-12-28(21-27)33(44)39-20-7-5-14-30(35(46)41-29)42-49(47,48)23-25-9-2-1-3-10-25/h1-3,8-12,15-18,21,29-30,42H,4-7,13-14,19-20,22-23H2,(H3,36,37)(H,38,43)(H,39,44)(H,40,45)(H,41,46)/t29-,30+/m0/s1. The summed E-state index contributed by atoms with van der Waals surface area (Å²) < 4.78 is 28.9. The van der Waals surface area contributed by atoms with Crippen molar-refractivity contribution >= 4 is 39.5 Å². The van der Waals surface area contributed by atoms with Crippen LogP contribution in [-0.4, -0.2) is 63.1 Å². The predicted molar refractivity (Wildman–Crippen MR) is 186 cm³/mol. The molecule has 1 aliphatic rings. The SMILES string of the molecule is N=C(N)c1ccc(CNC(=O)[C@@H]2CCCCNC(=O)c3cccc(c3)C(=O)NCCCC[C@@H](NS(=O)(=O)Cc3ccccc3)C(=O)N2)cc1. The van der Waals surface area contributed by atoms with Crippen LogP contribution in [-0.2, 0) is 31.9 Å². The van der Waals surface area contributed by atoms with Gasteiger partial charge in [-0.25, -0.2) is 13.1 Å². The van der Waals surface area contributed by atoms with E-state index in [-0.39, 0.29) is 49.3 Å². The first-order valence-corrected chi connectivity index (χ1v) is 17.9. The first kappa shape index (κ1) is 36.8. The van der Waals surface area contributed by atoms with E-state index in [1.165, 1.54) is 6.07 Å². The van der Waals surface area contributed by atoms with Gasteiger partial charge in [-0.2, -0.15) is 0 Å². The van der Waals surface area contributed by atoms with Crippen LogP contribution in [0.5, 0.6) is 0 Å².